The zero-order valence-electron chi connectivity index (χ0n) is 17.8. The van der Waals surface area contributed by atoms with Gasteiger partial charge < -0.3 is 23.6 Å². The van der Waals surface area contributed by atoms with Gasteiger partial charge in [-0.2, -0.15) is 0 Å². The van der Waals surface area contributed by atoms with Gasteiger partial charge >= 0.3 is 5.97 Å². The van der Waals surface area contributed by atoms with Crippen molar-refractivity contribution in [2.75, 3.05) is 37.7 Å². The van der Waals surface area contributed by atoms with Crippen LogP contribution in [0.5, 0.6) is 0 Å². The van der Waals surface area contributed by atoms with Crippen LogP contribution in [-0.4, -0.2) is 59.3 Å². The van der Waals surface area contributed by atoms with Gasteiger partial charge in [-0.1, -0.05) is 23.4 Å². The average molecular weight is 424 g/mol. The van der Waals surface area contributed by atoms with Gasteiger partial charge in [0.1, 0.15) is 11.3 Å². The number of rotatable bonds is 4. The molecule has 162 valence electrons. The summed E-state index contributed by atoms with van der Waals surface area (Å²) < 4.78 is 11.7. The number of ether oxygens (including phenoxy) is 1. The lowest BCUT2D eigenvalue weighted by molar-refractivity contribution is 0.0523. The van der Waals surface area contributed by atoms with Crippen LogP contribution in [0.15, 0.2) is 39.6 Å². The van der Waals surface area contributed by atoms with Crippen LogP contribution in [-0.2, 0) is 11.8 Å². The second kappa shape index (κ2) is 8.25. The topological polar surface area (TPSA) is 97.9 Å². The van der Waals surface area contributed by atoms with E-state index in [4.69, 9.17) is 9.26 Å². The van der Waals surface area contributed by atoms with E-state index in [1.54, 1.807) is 31.9 Å². The summed E-state index contributed by atoms with van der Waals surface area (Å²) in [6.07, 6.45) is 0. The number of nitrogens with zero attached hydrogens (tertiary/aromatic N) is 4. The molecule has 4 rings (SSSR count). The summed E-state index contributed by atoms with van der Waals surface area (Å²) in [5.41, 5.74) is 1.18. The summed E-state index contributed by atoms with van der Waals surface area (Å²) in [5, 5.41) is 4.59. The third-order valence-corrected chi connectivity index (χ3v) is 5.49. The Bertz CT molecular complexity index is 1200. The molecule has 0 spiro atoms. The lowest BCUT2D eigenvalue weighted by Gasteiger charge is -2.37. The molecule has 0 saturated carbocycles. The highest BCUT2D eigenvalue weighted by atomic mass is 16.5. The number of aryl methyl sites for hydroxylation is 2. The Labute approximate surface area is 178 Å². The maximum absolute atomic E-state index is 13.1. The van der Waals surface area contributed by atoms with Gasteiger partial charge in [-0.05, 0) is 19.9 Å². The fraction of sp³-hybridized carbons (Fsp3) is 0.364. The number of fused-ring (bicyclic) bond motifs is 1. The molecule has 1 amide bonds. The summed E-state index contributed by atoms with van der Waals surface area (Å²) in [4.78, 5) is 42.2. The van der Waals surface area contributed by atoms with Gasteiger partial charge in [-0.25, -0.2) is 4.79 Å². The Morgan fingerprint density at radius 2 is 1.87 bits per heavy atom. The molecule has 1 saturated heterocycles. The molecule has 0 unspecified atom stereocenters. The lowest BCUT2D eigenvalue weighted by Crippen LogP contribution is -2.49. The highest BCUT2D eigenvalue weighted by molar-refractivity contribution is 6.05. The van der Waals surface area contributed by atoms with Crippen molar-refractivity contribution in [3.63, 3.8) is 0 Å². The summed E-state index contributed by atoms with van der Waals surface area (Å²) >= 11 is 0. The van der Waals surface area contributed by atoms with Crippen molar-refractivity contribution < 1.29 is 18.8 Å². The summed E-state index contributed by atoms with van der Waals surface area (Å²) in [6, 6.07) is 9.08. The van der Waals surface area contributed by atoms with Crippen molar-refractivity contribution in [1.29, 1.82) is 0 Å². The first-order valence-corrected chi connectivity index (χ1v) is 10.2. The predicted octanol–water partition coefficient (Wildman–Crippen LogP) is 1.97. The molecule has 3 heterocycles. The molecule has 1 aromatic carbocycles. The van der Waals surface area contributed by atoms with Gasteiger partial charge in [0, 0.05) is 44.7 Å². The van der Waals surface area contributed by atoms with Crippen LogP contribution in [0, 0.1) is 6.92 Å². The number of hydrogen-bond donors (Lipinski definition) is 0. The Hall–Kier alpha value is -3.62. The number of para-hydroxylation sites is 1. The average Bonchev–Trinajstić information content (AvgIpc) is 3.22. The van der Waals surface area contributed by atoms with Crippen LogP contribution in [0.2, 0.25) is 0 Å². The first-order chi connectivity index (χ1) is 14.9. The van der Waals surface area contributed by atoms with Crippen LogP contribution < -0.4 is 10.5 Å². The Balaban J connectivity index is 1.70. The molecule has 0 bridgehead atoms. The number of carbonyl (C=O) groups excluding carboxylic acids is 2. The number of benzene rings is 1. The van der Waals surface area contributed by atoms with Crippen LogP contribution in [0.4, 0.5) is 5.69 Å². The van der Waals surface area contributed by atoms with E-state index < -0.39 is 11.5 Å². The smallest absolute Gasteiger partial charge is 0.345 e. The number of carbonyl (C=O) groups is 2. The molecule has 0 atom stereocenters. The molecule has 0 radical (unpaired) electrons. The van der Waals surface area contributed by atoms with E-state index in [1.807, 2.05) is 29.2 Å². The zero-order valence-corrected chi connectivity index (χ0v) is 17.8. The minimum atomic E-state index is -0.638. The van der Waals surface area contributed by atoms with Crippen molar-refractivity contribution in [3.8, 4) is 0 Å². The van der Waals surface area contributed by atoms with Gasteiger partial charge in [0.15, 0.2) is 5.69 Å². The van der Waals surface area contributed by atoms with Crippen molar-refractivity contribution >= 4 is 28.5 Å². The summed E-state index contributed by atoms with van der Waals surface area (Å²) in [5.74, 6) is -0.260. The molecule has 2 aromatic heterocycles. The van der Waals surface area contributed by atoms with Crippen LogP contribution in [0.25, 0.3) is 10.9 Å². The van der Waals surface area contributed by atoms with E-state index in [0.717, 1.165) is 10.9 Å². The molecular formula is C22H24N4O5. The molecule has 0 N–H and O–H groups in total. The molecule has 9 nitrogen and oxygen atoms in total. The van der Waals surface area contributed by atoms with Crippen molar-refractivity contribution in [1.82, 2.24) is 14.6 Å². The standard InChI is InChI=1S/C22H24N4O5/c1-4-30-22(29)18-19(15-7-5-6-8-17(15)24(3)21(18)28)25-9-11-26(12-10-25)20(27)16-13-14(2)31-23-16/h5-8,13H,4,9-12H2,1-3H3. The maximum atomic E-state index is 13.1. The monoisotopic (exact) mass is 424 g/mol. The van der Waals surface area contributed by atoms with E-state index in [-0.39, 0.29) is 23.8 Å². The third-order valence-electron chi connectivity index (χ3n) is 5.49. The van der Waals surface area contributed by atoms with Gasteiger partial charge in [0.05, 0.1) is 17.8 Å². The number of amides is 1. The number of esters is 1. The van der Waals surface area contributed by atoms with Crippen LogP contribution in [0.3, 0.4) is 0 Å². The largest absolute Gasteiger partial charge is 0.462 e. The Kier molecular flexibility index (Phi) is 5.50. The quantitative estimate of drug-likeness (QED) is 0.591. The third kappa shape index (κ3) is 3.67. The van der Waals surface area contributed by atoms with E-state index in [9.17, 15) is 14.4 Å². The molecule has 1 aliphatic heterocycles. The van der Waals surface area contributed by atoms with Gasteiger partial charge in [0.2, 0.25) is 0 Å². The van der Waals surface area contributed by atoms with Crippen molar-refractivity contribution in [3.05, 3.63) is 57.7 Å². The van der Waals surface area contributed by atoms with E-state index in [0.29, 0.717) is 37.6 Å². The van der Waals surface area contributed by atoms with Gasteiger partial charge in [-0.3, -0.25) is 9.59 Å². The van der Waals surface area contributed by atoms with Gasteiger partial charge in [-0.15, -0.1) is 0 Å². The van der Waals surface area contributed by atoms with Crippen molar-refractivity contribution in [2.45, 2.75) is 13.8 Å². The second-order valence-corrected chi connectivity index (χ2v) is 7.43. The number of pyridine rings is 1. The molecule has 1 aliphatic rings. The first kappa shape index (κ1) is 20.6. The molecule has 1 fully saturated rings. The van der Waals surface area contributed by atoms with Gasteiger partial charge in [0.25, 0.3) is 11.5 Å². The van der Waals surface area contributed by atoms with Crippen LogP contribution >= 0.6 is 0 Å². The molecular weight excluding hydrogens is 400 g/mol. The fourth-order valence-electron chi connectivity index (χ4n) is 3.96. The minimum absolute atomic E-state index is 0.0231. The Morgan fingerprint density at radius 1 is 1.16 bits per heavy atom. The first-order valence-electron chi connectivity index (χ1n) is 10.2. The highest BCUT2D eigenvalue weighted by Crippen LogP contribution is 2.30. The highest BCUT2D eigenvalue weighted by Gasteiger charge is 2.30. The maximum Gasteiger partial charge on any atom is 0.345 e. The zero-order chi connectivity index (χ0) is 22.1. The summed E-state index contributed by atoms with van der Waals surface area (Å²) in [6.45, 7) is 5.40. The normalized spacial score (nSPS) is 14.2. The minimum Gasteiger partial charge on any atom is -0.462 e. The molecule has 0 aliphatic carbocycles. The molecule has 3 aromatic rings. The fourth-order valence-corrected chi connectivity index (χ4v) is 3.96. The summed E-state index contributed by atoms with van der Waals surface area (Å²) in [7, 11) is 1.65. The van der Waals surface area contributed by atoms with E-state index in [2.05, 4.69) is 5.16 Å². The number of aromatic nitrogens is 2. The van der Waals surface area contributed by atoms with Crippen LogP contribution in [0.1, 0.15) is 33.5 Å². The lowest BCUT2D eigenvalue weighted by atomic mass is 10.1. The number of piperazine rings is 1. The van der Waals surface area contributed by atoms with Crippen molar-refractivity contribution in [2.24, 2.45) is 7.05 Å². The number of hydrogen-bond acceptors (Lipinski definition) is 7. The predicted molar refractivity (Wildman–Crippen MR) is 115 cm³/mol. The number of anilines is 1. The Morgan fingerprint density at radius 3 is 2.52 bits per heavy atom. The van der Waals surface area contributed by atoms with E-state index >= 15 is 0 Å². The molecule has 31 heavy (non-hydrogen) atoms. The molecule has 9 heteroatoms. The van der Waals surface area contributed by atoms with E-state index in [1.165, 1.54) is 4.57 Å². The second-order valence-electron chi connectivity index (χ2n) is 7.43. The SMILES string of the molecule is CCOC(=O)c1c(N2CCN(C(=O)c3cc(C)on3)CC2)c2ccccc2n(C)c1=O.